The number of hydrogen-bond acceptors (Lipinski definition) is 8. The topological polar surface area (TPSA) is 156 Å². The maximum atomic E-state index is 14.4. The number of benzene rings is 3. The summed E-state index contributed by atoms with van der Waals surface area (Å²) in [6, 6.07) is 23.5. The first-order chi connectivity index (χ1) is 26.2. The van der Waals surface area contributed by atoms with Crippen molar-refractivity contribution in [1.82, 2.24) is 20.9 Å². The number of nitrogens with one attached hydrogen (secondary N) is 3. The molecule has 4 N–H and O–H groups in total. The van der Waals surface area contributed by atoms with Crippen LogP contribution < -0.4 is 20.7 Å². The van der Waals surface area contributed by atoms with Crippen LogP contribution in [0, 0.1) is 11.8 Å². The Morgan fingerprint density at radius 1 is 0.782 bits per heavy atom. The number of nitrogens with zero attached hydrogens (tertiary/aromatic N) is 1. The third-order valence-corrected chi connectivity index (χ3v) is 9.49. The number of methoxy groups -OCH3 is 1. The van der Waals surface area contributed by atoms with Crippen LogP contribution in [0.2, 0.25) is 0 Å². The molecule has 0 bridgehead atoms. The zero-order chi connectivity index (χ0) is 40.0. The van der Waals surface area contributed by atoms with Gasteiger partial charge in [0.25, 0.3) is 0 Å². The predicted molar refractivity (Wildman–Crippen MR) is 210 cm³/mol. The Morgan fingerprint density at radius 2 is 1.36 bits per heavy atom. The Kier molecular flexibility index (Phi) is 16.1. The SMILES string of the molecule is COc1ccccc1CC(CC(O)C(Cc1ccccc1)NC(=O)OC(C)(C)C)C(=O)NC(C(=O)NC(Cc1ccccc1)C(=O)N1CCOCC1)C(C)C. The van der Waals surface area contributed by atoms with Gasteiger partial charge in [-0.15, -0.1) is 0 Å². The Hall–Kier alpha value is -4.94. The van der Waals surface area contributed by atoms with Crippen molar-refractivity contribution in [3.05, 3.63) is 102 Å². The molecule has 0 spiro atoms. The van der Waals surface area contributed by atoms with Crippen molar-refractivity contribution in [2.24, 2.45) is 11.8 Å². The number of alkyl carbamates (subject to hydrolysis) is 1. The Bertz CT molecular complexity index is 1670. The Balaban J connectivity index is 1.59. The largest absolute Gasteiger partial charge is 0.496 e. The van der Waals surface area contributed by atoms with Crippen LogP contribution in [0.15, 0.2) is 84.9 Å². The van der Waals surface area contributed by atoms with Crippen molar-refractivity contribution < 1.29 is 38.5 Å². The summed E-state index contributed by atoms with van der Waals surface area (Å²) in [4.78, 5) is 57.0. The third kappa shape index (κ3) is 13.7. The second kappa shape index (κ2) is 20.7. The molecular weight excluding hydrogens is 700 g/mol. The van der Waals surface area contributed by atoms with Gasteiger partial charge in [0.1, 0.15) is 23.4 Å². The van der Waals surface area contributed by atoms with Crippen LogP contribution in [-0.4, -0.2) is 97.1 Å². The van der Waals surface area contributed by atoms with Crippen LogP contribution >= 0.6 is 0 Å². The van der Waals surface area contributed by atoms with E-state index in [1.54, 1.807) is 38.8 Å². The lowest BCUT2D eigenvalue weighted by atomic mass is 9.88. The zero-order valence-corrected chi connectivity index (χ0v) is 33.0. The highest BCUT2D eigenvalue weighted by Gasteiger charge is 2.35. The molecule has 1 aliphatic rings. The maximum absolute atomic E-state index is 14.4. The summed E-state index contributed by atoms with van der Waals surface area (Å²) in [6.07, 6.45) is -1.21. The van der Waals surface area contributed by atoms with E-state index < -0.39 is 53.7 Å². The molecule has 12 heteroatoms. The number of carbonyl (C=O) groups excluding carboxylic acids is 4. The van der Waals surface area contributed by atoms with Gasteiger partial charge in [-0.05, 0) is 68.7 Å². The highest BCUT2D eigenvalue weighted by Crippen LogP contribution is 2.25. The molecule has 55 heavy (non-hydrogen) atoms. The van der Waals surface area contributed by atoms with Crippen molar-refractivity contribution in [2.75, 3.05) is 33.4 Å². The van der Waals surface area contributed by atoms with Gasteiger partial charge in [-0.1, -0.05) is 92.7 Å². The number of para-hydroxylation sites is 1. The van der Waals surface area contributed by atoms with Crippen LogP contribution in [0.25, 0.3) is 0 Å². The fourth-order valence-electron chi connectivity index (χ4n) is 6.61. The van der Waals surface area contributed by atoms with E-state index in [-0.39, 0.29) is 37.5 Å². The third-order valence-electron chi connectivity index (χ3n) is 9.49. The lowest BCUT2D eigenvalue weighted by Gasteiger charge is -2.32. The van der Waals surface area contributed by atoms with Crippen LogP contribution in [0.3, 0.4) is 0 Å². The Morgan fingerprint density at radius 3 is 1.95 bits per heavy atom. The lowest BCUT2D eigenvalue weighted by Crippen LogP contribution is -2.58. The monoisotopic (exact) mass is 758 g/mol. The molecule has 3 aromatic carbocycles. The second-order valence-electron chi connectivity index (χ2n) is 15.4. The molecule has 298 valence electrons. The van der Waals surface area contributed by atoms with Gasteiger partial charge in [-0.3, -0.25) is 14.4 Å². The number of morpholine rings is 1. The Labute approximate surface area is 325 Å². The normalized spacial score (nSPS) is 15.9. The first kappa shape index (κ1) is 42.8. The van der Waals surface area contributed by atoms with E-state index in [0.717, 1.165) is 16.7 Å². The molecule has 0 aliphatic carbocycles. The molecule has 12 nitrogen and oxygen atoms in total. The smallest absolute Gasteiger partial charge is 0.407 e. The van der Waals surface area contributed by atoms with Crippen molar-refractivity contribution in [2.45, 2.75) is 90.1 Å². The summed E-state index contributed by atoms with van der Waals surface area (Å²) in [5.74, 6) is -1.80. The fraction of sp³-hybridized carbons (Fsp3) is 0.488. The number of ether oxygens (including phenoxy) is 3. The van der Waals surface area contributed by atoms with Gasteiger partial charge in [0.05, 0.1) is 32.5 Å². The highest BCUT2D eigenvalue weighted by molar-refractivity contribution is 5.93. The molecule has 1 heterocycles. The van der Waals surface area contributed by atoms with E-state index >= 15 is 0 Å². The number of aliphatic hydroxyl groups excluding tert-OH is 1. The first-order valence-electron chi connectivity index (χ1n) is 19.1. The van der Waals surface area contributed by atoms with Crippen LogP contribution in [0.5, 0.6) is 5.75 Å². The molecule has 4 amide bonds. The van der Waals surface area contributed by atoms with Crippen LogP contribution in [0.4, 0.5) is 4.79 Å². The van der Waals surface area contributed by atoms with Crippen molar-refractivity contribution >= 4 is 23.8 Å². The standard InChI is InChI=1S/C43H58N4O8/c1-29(2)38(40(50)44-35(26-31-17-11-8-12-18-31)41(51)47-21-23-54-24-22-47)46-39(49)33(27-32-19-13-14-20-37(32)53-6)28-36(48)34(25-30-15-9-7-10-16-30)45-42(52)55-43(3,4)5/h7-20,29,33-36,38,48H,21-28H2,1-6H3,(H,44,50)(H,45,52)(H,46,49). The van der Waals surface area contributed by atoms with Gasteiger partial charge in [0, 0.05) is 25.4 Å². The number of amides is 4. The van der Waals surface area contributed by atoms with E-state index in [2.05, 4.69) is 16.0 Å². The van der Waals surface area contributed by atoms with Crippen molar-refractivity contribution in [3.8, 4) is 5.75 Å². The van der Waals surface area contributed by atoms with Crippen molar-refractivity contribution in [3.63, 3.8) is 0 Å². The molecule has 0 aromatic heterocycles. The van der Waals surface area contributed by atoms with Gasteiger partial charge in [0.2, 0.25) is 17.7 Å². The molecule has 3 aromatic rings. The minimum atomic E-state index is -1.19. The van der Waals surface area contributed by atoms with Gasteiger partial charge in [-0.2, -0.15) is 0 Å². The first-order valence-corrected chi connectivity index (χ1v) is 19.1. The van der Waals surface area contributed by atoms with E-state index in [9.17, 15) is 24.3 Å². The zero-order valence-electron chi connectivity index (χ0n) is 33.0. The fourth-order valence-corrected chi connectivity index (χ4v) is 6.61. The molecule has 1 saturated heterocycles. The van der Waals surface area contributed by atoms with Crippen LogP contribution in [0.1, 0.15) is 57.7 Å². The van der Waals surface area contributed by atoms with E-state index in [4.69, 9.17) is 14.2 Å². The number of hydrogen-bond donors (Lipinski definition) is 4. The minimum absolute atomic E-state index is 0.0598. The summed E-state index contributed by atoms with van der Waals surface area (Å²) < 4.78 is 16.6. The van der Waals surface area contributed by atoms with E-state index in [0.29, 0.717) is 32.1 Å². The summed E-state index contributed by atoms with van der Waals surface area (Å²) in [6.45, 7) is 10.6. The summed E-state index contributed by atoms with van der Waals surface area (Å²) in [7, 11) is 1.55. The molecule has 5 atom stereocenters. The van der Waals surface area contributed by atoms with Gasteiger partial charge >= 0.3 is 6.09 Å². The molecular formula is C43H58N4O8. The molecule has 0 radical (unpaired) electrons. The molecule has 0 saturated carbocycles. The molecule has 1 fully saturated rings. The highest BCUT2D eigenvalue weighted by atomic mass is 16.6. The average molecular weight is 759 g/mol. The molecule has 1 aliphatic heterocycles. The average Bonchev–Trinajstić information content (AvgIpc) is 3.16. The minimum Gasteiger partial charge on any atom is -0.496 e. The van der Waals surface area contributed by atoms with E-state index in [1.165, 1.54) is 0 Å². The molecule has 4 rings (SSSR count). The number of aliphatic hydroxyl groups is 1. The van der Waals surface area contributed by atoms with Gasteiger partial charge in [0.15, 0.2) is 0 Å². The van der Waals surface area contributed by atoms with Crippen LogP contribution in [-0.2, 0) is 43.1 Å². The van der Waals surface area contributed by atoms with E-state index in [1.807, 2.05) is 92.7 Å². The van der Waals surface area contributed by atoms with Gasteiger partial charge in [-0.25, -0.2) is 4.79 Å². The predicted octanol–water partition coefficient (Wildman–Crippen LogP) is 4.47. The van der Waals surface area contributed by atoms with Gasteiger partial charge < -0.3 is 40.2 Å². The lowest BCUT2D eigenvalue weighted by molar-refractivity contribution is -0.141. The number of rotatable bonds is 17. The summed E-state index contributed by atoms with van der Waals surface area (Å²) in [5.41, 5.74) is 1.73. The maximum Gasteiger partial charge on any atom is 0.407 e. The quantitative estimate of drug-likeness (QED) is 0.157. The van der Waals surface area contributed by atoms with Crippen molar-refractivity contribution in [1.29, 1.82) is 0 Å². The number of carbonyl (C=O) groups is 4. The summed E-state index contributed by atoms with van der Waals surface area (Å²) >= 11 is 0. The second-order valence-corrected chi connectivity index (χ2v) is 15.4. The molecule has 5 unspecified atom stereocenters. The summed E-state index contributed by atoms with van der Waals surface area (Å²) in [5, 5.41) is 20.6.